The number of ether oxygens (including phenoxy) is 4. The molecule has 4 aromatic rings. The highest BCUT2D eigenvalue weighted by molar-refractivity contribution is 7.57. The van der Waals surface area contributed by atoms with Crippen molar-refractivity contribution < 1.29 is 66.0 Å². The molecule has 3 unspecified atom stereocenters. The summed E-state index contributed by atoms with van der Waals surface area (Å²) in [6.45, 7) is 12.2. The topological polar surface area (TPSA) is 221 Å². The van der Waals surface area contributed by atoms with E-state index in [1.165, 1.54) is 24.9 Å². The fraction of sp³-hybridized carbons (Fsp3) is 0.400. The zero-order chi connectivity index (χ0) is 52.2. The number of amides is 2. The number of anilines is 2. The summed E-state index contributed by atoms with van der Waals surface area (Å²) in [6, 6.07) is 18.7. The summed E-state index contributed by atoms with van der Waals surface area (Å²) < 4.78 is 69.9. The van der Waals surface area contributed by atoms with Gasteiger partial charge in [-0.3, -0.25) is 34.0 Å². The van der Waals surface area contributed by atoms with Crippen LogP contribution in [0.2, 0.25) is 5.02 Å². The molecule has 1 aliphatic rings. The fourth-order valence-corrected chi connectivity index (χ4v) is 7.35. The quantitative estimate of drug-likeness (QED) is 0.0313. The van der Waals surface area contributed by atoms with Crippen molar-refractivity contribution in [1.29, 1.82) is 0 Å². The maximum atomic E-state index is 12.6. The Morgan fingerprint density at radius 2 is 1.70 bits per heavy atom. The van der Waals surface area contributed by atoms with Crippen LogP contribution < -0.4 is 29.7 Å². The normalized spacial score (nSPS) is 14.1. The van der Waals surface area contributed by atoms with Crippen LogP contribution in [0.25, 0.3) is 0 Å². The van der Waals surface area contributed by atoms with Gasteiger partial charge in [0.15, 0.2) is 12.2 Å². The van der Waals surface area contributed by atoms with Gasteiger partial charge in [0.05, 0.1) is 39.5 Å². The molecule has 0 bridgehead atoms. The number of nitro benzene ring substituents is 1. The maximum absolute atomic E-state index is 12.6. The number of rotatable bonds is 16. The van der Waals surface area contributed by atoms with E-state index in [-0.39, 0.29) is 77.6 Å². The van der Waals surface area contributed by atoms with Crippen LogP contribution in [-0.4, -0.2) is 94.9 Å². The number of fused-ring (bicyclic) bond motifs is 1. The Labute approximate surface area is 417 Å². The van der Waals surface area contributed by atoms with Crippen LogP contribution in [0.1, 0.15) is 50.8 Å². The van der Waals surface area contributed by atoms with Gasteiger partial charge in [-0.25, -0.2) is 0 Å². The first-order valence-electron chi connectivity index (χ1n) is 20.9. The van der Waals surface area contributed by atoms with Crippen LogP contribution in [-0.2, 0) is 36.3 Å². The highest BCUT2D eigenvalue weighted by atomic mass is 35.5. The van der Waals surface area contributed by atoms with Gasteiger partial charge in [0.2, 0.25) is 11.7 Å². The second-order valence-corrected chi connectivity index (χ2v) is 19.0. The monoisotopic (exact) mass is 1070 g/mol. The standard InChI is InChI=1S/C15H11ClF3NO4.C14H20ClNO2.C11H11Cl2NO2.C5H12NO4P/c1-2-23-14-8-10(4-5-12(14)20(21)22)24-13-6-3-9(7-11(13)16)15(17,18)19;1-4-12-8-6-7-11(3)14(12)16(10-18-5-2)13(17)9-15;1-7-6-16-9-5-3-2-4-8(9)14(7)11(15)10(12)13;1-11(9,10)3-2-4(6)5(7)8/h3-8H,2H2,1H3;6-8H,4-5,9-10H2,1-3H3;2-5,7,10H,6H2,1H3;4H,2-3,6H2,1H3,(H,7,8)(H,9,10). The molecule has 1 aliphatic heterocycles. The van der Waals surface area contributed by atoms with Gasteiger partial charge >= 0.3 is 17.8 Å². The number of carboxylic acid groups (broad SMARTS) is 1. The van der Waals surface area contributed by atoms with Gasteiger partial charge in [-0.15, -0.1) is 11.6 Å². The number of nitro groups is 1. The van der Waals surface area contributed by atoms with E-state index in [4.69, 9.17) is 81.1 Å². The molecule has 0 saturated heterocycles. The van der Waals surface area contributed by atoms with Gasteiger partial charge in [-0.05, 0) is 88.1 Å². The Morgan fingerprint density at radius 3 is 2.23 bits per heavy atom. The second kappa shape index (κ2) is 28.7. The van der Waals surface area contributed by atoms with Crippen molar-refractivity contribution in [2.75, 3.05) is 55.1 Å². The lowest BCUT2D eigenvalue weighted by molar-refractivity contribution is -0.385. The van der Waals surface area contributed by atoms with Gasteiger partial charge in [-0.2, -0.15) is 13.2 Å². The van der Waals surface area contributed by atoms with Crippen molar-refractivity contribution in [2.45, 2.75) is 70.6 Å². The van der Waals surface area contributed by atoms with Crippen molar-refractivity contribution in [3.8, 4) is 23.0 Å². The van der Waals surface area contributed by atoms with Gasteiger partial charge in [-0.1, -0.05) is 72.1 Å². The van der Waals surface area contributed by atoms with Gasteiger partial charge in [0.25, 0.3) is 5.91 Å². The molecule has 4 aromatic carbocycles. The SMILES string of the molecule is CC1COc2ccccc2N1C(=O)C(Cl)Cl.CCOCN(C(=O)CCl)c1c(C)cccc1CC.CCOc1cc(Oc2ccc(C(F)(F)F)cc2Cl)ccc1[N+](=O)[O-].CP(=O)(O)CCC(N)C(=O)O. The summed E-state index contributed by atoms with van der Waals surface area (Å²) in [4.78, 5) is 55.2. The van der Waals surface area contributed by atoms with E-state index in [1.807, 2.05) is 63.2 Å². The summed E-state index contributed by atoms with van der Waals surface area (Å²) >= 11 is 22.7. The maximum Gasteiger partial charge on any atom is 0.416 e. The van der Waals surface area contributed by atoms with Crippen LogP contribution in [0, 0.1) is 17.0 Å². The number of aryl methyl sites for hydroxylation is 2. The zero-order valence-corrected chi connectivity index (χ0v) is 42.3. The van der Waals surface area contributed by atoms with Crippen molar-refractivity contribution >= 4 is 88.6 Å². The predicted octanol–water partition coefficient (Wildman–Crippen LogP) is 10.9. The lowest BCUT2D eigenvalue weighted by atomic mass is 10.0. The van der Waals surface area contributed by atoms with E-state index in [2.05, 4.69) is 6.92 Å². The van der Waals surface area contributed by atoms with Crippen molar-refractivity contribution in [3.63, 3.8) is 0 Å². The Kier molecular flexibility index (Phi) is 25.1. The second-order valence-electron chi connectivity index (χ2n) is 14.7. The number of nitrogens with two attached hydrogens (primary N) is 1. The molecule has 0 aliphatic carbocycles. The van der Waals surface area contributed by atoms with E-state index in [9.17, 15) is 42.2 Å². The molecule has 5 rings (SSSR count). The number of carboxylic acids is 1. The molecular formula is C45H54Cl4F3N4O12P. The predicted molar refractivity (Wildman–Crippen MR) is 261 cm³/mol. The van der Waals surface area contributed by atoms with Crippen LogP contribution in [0.4, 0.5) is 30.2 Å². The smallest absolute Gasteiger partial charge is 0.416 e. The lowest BCUT2D eigenvalue weighted by Crippen LogP contribution is -2.47. The summed E-state index contributed by atoms with van der Waals surface area (Å²) in [5, 5.41) is 19.0. The highest BCUT2D eigenvalue weighted by Gasteiger charge is 2.33. The minimum Gasteiger partial charge on any atom is -0.489 e. The Morgan fingerprint density at radius 1 is 1.03 bits per heavy atom. The minimum absolute atomic E-state index is 0.0111. The van der Waals surface area contributed by atoms with Gasteiger partial charge in [0.1, 0.15) is 42.5 Å². The number of hydrogen-bond donors (Lipinski definition) is 3. The fourth-order valence-electron chi connectivity index (χ4n) is 6.02. The number of aliphatic carboxylic acids is 1. The van der Waals surface area contributed by atoms with E-state index in [0.717, 1.165) is 47.1 Å². The Hall–Kier alpha value is -4.85. The summed E-state index contributed by atoms with van der Waals surface area (Å²) in [7, 11) is -3.10. The first kappa shape index (κ1) is 60.3. The number of hydrogen-bond acceptors (Lipinski definition) is 11. The molecule has 0 fully saturated rings. The number of para-hydroxylation sites is 3. The molecule has 16 nitrogen and oxygen atoms in total. The molecule has 4 N–H and O–H groups in total. The van der Waals surface area contributed by atoms with E-state index in [0.29, 0.717) is 19.0 Å². The number of benzene rings is 4. The first-order valence-corrected chi connectivity index (χ1v) is 25.0. The van der Waals surface area contributed by atoms with Crippen LogP contribution in [0.15, 0.2) is 78.9 Å². The number of carbonyl (C=O) groups is 3. The van der Waals surface area contributed by atoms with Crippen molar-refractivity contribution in [1.82, 2.24) is 0 Å². The van der Waals surface area contributed by atoms with Crippen LogP contribution >= 0.6 is 53.8 Å². The number of alkyl halides is 6. The molecule has 0 aromatic heterocycles. The summed E-state index contributed by atoms with van der Waals surface area (Å²) in [5.74, 6) is -0.818. The third-order valence-electron chi connectivity index (χ3n) is 9.37. The molecule has 0 saturated carbocycles. The van der Waals surface area contributed by atoms with Gasteiger partial charge < -0.3 is 39.6 Å². The van der Waals surface area contributed by atoms with Crippen LogP contribution in [0.5, 0.6) is 23.0 Å². The third kappa shape index (κ3) is 19.5. The number of carbonyl (C=O) groups excluding carboxylic acids is 2. The first-order chi connectivity index (χ1) is 32.3. The summed E-state index contributed by atoms with van der Waals surface area (Å²) in [6.07, 6.45) is -3.65. The molecule has 2 amide bonds. The molecule has 0 spiro atoms. The number of nitrogens with zero attached hydrogens (tertiary/aromatic N) is 3. The average molecular weight is 1070 g/mol. The van der Waals surface area contributed by atoms with E-state index in [1.54, 1.807) is 16.7 Å². The molecule has 380 valence electrons. The molecule has 24 heteroatoms. The van der Waals surface area contributed by atoms with Crippen LogP contribution in [0.3, 0.4) is 0 Å². The average Bonchev–Trinajstić information content (AvgIpc) is 3.29. The van der Waals surface area contributed by atoms with E-state index < -0.39 is 40.9 Å². The molecule has 0 radical (unpaired) electrons. The zero-order valence-electron chi connectivity index (χ0n) is 38.4. The molecule has 69 heavy (non-hydrogen) atoms. The molecule has 3 atom stereocenters. The largest absolute Gasteiger partial charge is 0.489 e. The summed E-state index contributed by atoms with van der Waals surface area (Å²) in [5.41, 5.74) is 7.79. The third-order valence-corrected chi connectivity index (χ3v) is 11.4. The van der Waals surface area contributed by atoms with E-state index >= 15 is 0 Å². The number of halogens is 7. The Balaban J connectivity index is 0.000000327. The minimum atomic E-state index is -4.52. The molecular weight excluding hydrogens is 1020 g/mol. The van der Waals surface area contributed by atoms with Gasteiger partial charge in [0, 0.05) is 31.6 Å². The van der Waals surface area contributed by atoms with Crippen molar-refractivity contribution in [3.05, 3.63) is 111 Å². The Bertz CT molecular complexity index is 2400. The highest BCUT2D eigenvalue weighted by Crippen LogP contribution is 2.39. The lowest BCUT2D eigenvalue weighted by Gasteiger charge is -2.35. The molecule has 1 heterocycles. The van der Waals surface area contributed by atoms with Crippen molar-refractivity contribution in [2.24, 2.45) is 5.73 Å².